The number of methoxy groups -OCH3 is 2. The highest BCUT2D eigenvalue weighted by atomic mass is 19.1. The van der Waals surface area contributed by atoms with Crippen molar-refractivity contribution >= 4 is 5.69 Å². The first-order valence-electron chi connectivity index (χ1n) is 9.48. The number of fused-ring (bicyclic) bond motifs is 1. The first-order chi connectivity index (χ1) is 14.6. The molecule has 1 aromatic heterocycles. The van der Waals surface area contributed by atoms with Gasteiger partial charge in [-0.1, -0.05) is 12.1 Å². The summed E-state index contributed by atoms with van der Waals surface area (Å²) >= 11 is 0. The molecular weight excluding hydrogens is 392 g/mol. The Morgan fingerprint density at radius 1 is 1.07 bits per heavy atom. The van der Waals surface area contributed by atoms with E-state index in [1.165, 1.54) is 26.4 Å². The summed E-state index contributed by atoms with van der Waals surface area (Å²) < 4.78 is 43.1. The zero-order chi connectivity index (χ0) is 21.1. The molecule has 2 heterocycles. The van der Waals surface area contributed by atoms with Gasteiger partial charge < -0.3 is 19.5 Å². The minimum atomic E-state index is -0.571. The second kappa shape index (κ2) is 8.52. The van der Waals surface area contributed by atoms with Crippen molar-refractivity contribution in [3.05, 3.63) is 71.1 Å². The summed E-state index contributed by atoms with van der Waals surface area (Å²) in [4.78, 5) is 8.66. The van der Waals surface area contributed by atoms with Gasteiger partial charge in [-0.05, 0) is 42.2 Å². The number of halogens is 2. The number of rotatable bonds is 6. The molecule has 1 atom stereocenters. The summed E-state index contributed by atoms with van der Waals surface area (Å²) in [6, 6.07) is 9.28. The van der Waals surface area contributed by atoms with Gasteiger partial charge in [0.05, 0.1) is 31.8 Å². The summed E-state index contributed by atoms with van der Waals surface area (Å²) in [6.45, 7) is 0.368. The number of ether oxygens (including phenoxy) is 3. The van der Waals surface area contributed by atoms with Crippen LogP contribution in [0.3, 0.4) is 0 Å². The van der Waals surface area contributed by atoms with Crippen LogP contribution in [0.2, 0.25) is 0 Å². The Balaban J connectivity index is 1.45. The number of anilines is 1. The Hall–Kier alpha value is -3.42. The van der Waals surface area contributed by atoms with E-state index in [-0.39, 0.29) is 6.04 Å². The highest BCUT2D eigenvalue weighted by Crippen LogP contribution is 2.35. The molecule has 0 saturated carbocycles. The van der Waals surface area contributed by atoms with Crippen LogP contribution in [0.25, 0.3) is 0 Å². The van der Waals surface area contributed by atoms with Crippen LogP contribution in [0.15, 0.2) is 42.6 Å². The van der Waals surface area contributed by atoms with Crippen molar-refractivity contribution in [2.45, 2.75) is 18.9 Å². The van der Waals surface area contributed by atoms with E-state index >= 15 is 0 Å². The molecule has 1 aliphatic heterocycles. The summed E-state index contributed by atoms with van der Waals surface area (Å²) in [5.41, 5.74) is 3.00. The summed E-state index contributed by atoms with van der Waals surface area (Å²) in [6.07, 6.45) is 2.71. The molecule has 1 N–H and O–H groups in total. The van der Waals surface area contributed by atoms with Gasteiger partial charge in [-0.25, -0.2) is 18.7 Å². The van der Waals surface area contributed by atoms with E-state index in [2.05, 4.69) is 15.3 Å². The molecule has 0 amide bonds. The van der Waals surface area contributed by atoms with Crippen molar-refractivity contribution in [2.75, 3.05) is 26.1 Å². The zero-order valence-electron chi connectivity index (χ0n) is 16.6. The molecule has 4 rings (SSSR count). The van der Waals surface area contributed by atoms with Crippen molar-refractivity contribution in [3.63, 3.8) is 0 Å². The number of aromatic nitrogens is 2. The molecule has 0 radical (unpaired) electrons. The topological polar surface area (TPSA) is 65.5 Å². The van der Waals surface area contributed by atoms with Crippen LogP contribution in [-0.4, -0.2) is 30.8 Å². The number of aryl methyl sites for hydroxylation is 2. The van der Waals surface area contributed by atoms with Gasteiger partial charge in [-0.3, -0.25) is 0 Å². The lowest BCUT2D eigenvalue weighted by Crippen LogP contribution is -2.25. The summed E-state index contributed by atoms with van der Waals surface area (Å²) in [7, 11) is 3.02. The monoisotopic (exact) mass is 413 g/mol. The average Bonchev–Trinajstić information content (AvgIpc) is 2.77. The second-order valence-corrected chi connectivity index (χ2v) is 6.89. The molecule has 3 aromatic rings. The molecule has 8 heteroatoms. The van der Waals surface area contributed by atoms with Gasteiger partial charge >= 0.3 is 0 Å². The van der Waals surface area contributed by atoms with E-state index in [4.69, 9.17) is 14.2 Å². The second-order valence-electron chi connectivity index (χ2n) is 6.89. The van der Waals surface area contributed by atoms with E-state index < -0.39 is 11.6 Å². The molecule has 1 aliphatic rings. The predicted octanol–water partition coefficient (Wildman–Crippen LogP) is 4.10. The molecular formula is C22H21F2N3O3. The van der Waals surface area contributed by atoms with Crippen LogP contribution in [0.5, 0.6) is 17.5 Å². The average molecular weight is 413 g/mol. The van der Waals surface area contributed by atoms with Gasteiger partial charge in [0.1, 0.15) is 30.0 Å². The fraction of sp³-hybridized carbons (Fsp3) is 0.273. The summed E-state index contributed by atoms with van der Waals surface area (Å²) in [5.74, 6) is 0.256. The molecule has 1 unspecified atom stereocenters. The van der Waals surface area contributed by atoms with Crippen LogP contribution >= 0.6 is 0 Å². The number of benzene rings is 2. The molecule has 0 saturated heterocycles. The van der Waals surface area contributed by atoms with E-state index in [0.717, 1.165) is 23.1 Å². The van der Waals surface area contributed by atoms with Crippen molar-refractivity contribution in [2.24, 2.45) is 0 Å². The van der Waals surface area contributed by atoms with Gasteiger partial charge in [0.25, 0.3) is 11.8 Å². The highest BCUT2D eigenvalue weighted by molar-refractivity contribution is 5.60. The van der Waals surface area contributed by atoms with Crippen LogP contribution in [0.1, 0.15) is 22.9 Å². The van der Waals surface area contributed by atoms with Crippen molar-refractivity contribution < 1.29 is 23.0 Å². The normalized spacial score (nSPS) is 15.0. The van der Waals surface area contributed by atoms with Gasteiger partial charge in [0.2, 0.25) is 0 Å². The lowest BCUT2D eigenvalue weighted by Gasteiger charge is -2.27. The standard InChI is InChI=1S/C22H21F2N3O3/c1-28-21-22(29-2)27-18(11-25-21)19-12-30-20-9-13(4-8-17(20)26-19)3-5-14-6-7-15(23)10-16(14)24/h4,6-11,19,26H,3,5,12H2,1-2H3. The maximum absolute atomic E-state index is 13.8. The third-order valence-corrected chi connectivity index (χ3v) is 4.95. The van der Waals surface area contributed by atoms with Crippen LogP contribution < -0.4 is 19.5 Å². The third kappa shape index (κ3) is 4.12. The van der Waals surface area contributed by atoms with Crippen molar-refractivity contribution in [1.82, 2.24) is 9.97 Å². The first kappa shape index (κ1) is 19.9. The Bertz CT molecular complexity index is 1060. The van der Waals surface area contributed by atoms with Gasteiger partial charge in [0.15, 0.2) is 0 Å². The maximum Gasteiger partial charge on any atom is 0.278 e. The Labute approximate surface area is 172 Å². The van der Waals surface area contributed by atoms with Crippen LogP contribution in [0.4, 0.5) is 14.5 Å². The number of hydrogen-bond donors (Lipinski definition) is 1. The summed E-state index contributed by atoms with van der Waals surface area (Å²) in [5, 5.41) is 3.39. The van der Waals surface area contributed by atoms with Gasteiger partial charge in [-0.15, -0.1) is 0 Å². The molecule has 156 valence electrons. The quantitative estimate of drug-likeness (QED) is 0.656. The van der Waals surface area contributed by atoms with Crippen molar-refractivity contribution in [3.8, 4) is 17.5 Å². The lowest BCUT2D eigenvalue weighted by molar-refractivity contribution is 0.280. The van der Waals surface area contributed by atoms with E-state index in [9.17, 15) is 8.78 Å². The predicted molar refractivity (Wildman–Crippen MR) is 107 cm³/mol. The molecule has 6 nitrogen and oxygen atoms in total. The molecule has 2 aromatic carbocycles. The minimum Gasteiger partial charge on any atom is -0.489 e. The SMILES string of the molecule is COc1ncc(C2COc3cc(CCc4ccc(F)cc4F)ccc3N2)nc1OC. The van der Waals surface area contributed by atoms with Crippen LogP contribution in [0, 0.1) is 11.6 Å². The Morgan fingerprint density at radius 2 is 1.90 bits per heavy atom. The molecule has 0 fully saturated rings. The highest BCUT2D eigenvalue weighted by Gasteiger charge is 2.23. The first-order valence-corrected chi connectivity index (χ1v) is 9.48. The Morgan fingerprint density at radius 3 is 2.67 bits per heavy atom. The van der Waals surface area contributed by atoms with Crippen LogP contribution in [-0.2, 0) is 12.8 Å². The fourth-order valence-electron chi connectivity index (χ4n) is 3.34. The van der Waals surface area contributed by atoms with Gasteiger partial charge in [0, 0.05) is 6.07 Å². The maximum atomic E-state index is 13.8. The fourth-order valence-corrected chi connectivity index (χ4v) is 3.34. The minimum absolute atomic E-state index is 0.191. The van der Waals surface area contributed by atoms with Crippen molar-refractivity contribution in [1.29, 1.82) is 0 Å². The molecule has 30 heavy (non-hydrogen) atoms. The third-order valence-electron chi connectivity index (χ3n) is 4.95. The number of nitrogens with one attached hydrogen (secondary N) is 1. The zero-order valence-corrected chi connectivity index (χ0v) is 16.6. The Kier molecular flexibility index (Phi) is 5.65. The number of nitrogens with zero attached hydrogens (tertiary/aromatic N) is 2. The molecule has 0 bridgehead atoms. The smallest absolute Gasteiger partial charge is 0.278 e. The number of hydrogen-bond acceptors (Lipinski definition) is 6. The van der Waals surface area contributed by atoms with E-state index in [0.29, 0.717) is 42.5 Å². The lowest BCUT2D eigenvalue weighted by atomic mass is 10.0. The largest absolute Gasteiger partial charge is 0.489 e. The van der Waals surface area contributed by atoms with E-state index in [1.807, 2.05) is 18.2 Å². The van der Waals surface area contributed by atoms with E-state index in [1.54, 1.807) is 6.20 Å². The van der Waals surface area contributed by atoms with Gasteiger partial charge in [-0.2, -0.15) is 0 Å². The molecule has 0 spiro atoms. The molecule has 0 aliphatic carbocycles.